The van der Waals surface area contributed by atoms with Gasteiger partial charge in [0.05, 0.1) is 11.3 Å². The van der Waals surface area contributed by atoms with Gasteiger partial charge in [-0.25, -0.2) is 22.5 Å². The first-order valence-corrected chi connectivity index (χ1v) is 12.9. The zero-order chi connectivity index (χ0) is 29.3. The number of hydrogen-bond donors (Lipinski definition) is 2. The number of hydrogen-bond acceptors (Lipinski definition) is 4. The molecule has 1 heterocycles. The van der Waals surface area contributed by atoms with E-state index < -0.39 is 35.1 Å². The number of anilines is 1. The highest BCUT2D eigenvalue weighted by molar-refractivity contribution is 5.95. The fraction of sp³-hybridized carbons (Fsp3) is 0.156. The van der Waals surface area contributed by atoms with E-state index >= 15 is 0 Å². The molecule has 3 aromatic carbocycles. The SMILES string of the molecule is NC(=O)c1cc(-c2ccc(N)nc2[C@H](CC(=O)CC2=CCc3ccc(F)cc32)Cc2cc(F)cc(F)c2)ccc1F. The maximum atomic E-state index is 14.2. The number of benzene rings is 3. The van der Waals surface area contributed by atoms with Crippen molar-refractivity contribution >= 4 is 23.1 Å². The van der Waals surface area contributed by atoms with Crippen LogP contribution in [0.25, 0.3) is 16.7 Å². The zero-order valence-electron chi connectivity index (χ0n) is 21.8. The Hall–Kier alpha value is -4.79. The van der Waals surface area contributed by atoms with Crippen LogP contribution in [-0.4, -0.2) is 16.7 Å². The van der Waals surface area contributed by atoms with Gasteiger partial charge in [0.2, 0.25) is 0 Å². The third-order valence-corrected chi connectivity index (χ3v) is 7.13. The number of pyridine rings is 1. The van der Waals surface area contributed by atoms with Crippen LogP contribution < -0.4 is 11.5 Å². The van der Waals surface area contributed by atoms with Gasteiger partial charge in [0, 0.05) is 30.4 Å². The van der Waals surface area contributed by atoms with Gasteiger partial charge in [-0.15, -0.1) is 0 Å². The van der Waals surface area contributed by atoms with E-state index in [2.05, 4.69) is 4.98 Å². The van der Waals surface area contributed by atoms with Gasteiger partial charge in [-0.3, -0.25) is 9.59 Å². The largest absolute Gasteiger partial charge is 0.384 e. The minimum Gasteiger partial charge on any atom is -0.384 e. The number of allylic oxidation sites excluding steroid dienone is 2. The molecule has 41 heavy (non-hydrogen) atoms. The number of rotatable bonds is 9. The molecule has 0 fully saturated rings. The van der Waals surface area contributed by atoms with E-state index in [1.807, 2.05) is 6.08 Å². The van der Waals surface area contributed by atoms with Crippen LogP contribution in [-0.2, 0) is 17.6 Å². The average molecular weight is 560 g/mol. The number of amides is 1. The number of fused-ring (bicyclic) bond motifs is 1. The standard InChI is InChI=1S/C32H25F4N3O2/c33-22-5-3-18-1-2-19(27(18)16-22)12-25(40)13-21(9-17-10-23(34)15-24(35)11-17)31-26(6-8-30(37)39-31)20-4-7-29(36)28(14-20)32(38)41/h2-8,10-11,14-16,21H,1,9,12-13H2,(H2,37,39)(H2,38,41)/t21-/m0/s1. The van der Waals surface area contributed by atoms with Gasteiger partial charge in [0.1, 0.15) is 34.9 Å². The number of nitrogen functional groups attached to an aromatic ring is 1. The number of aromatic nitrogens is 1. The molecule has 9 heteroatoms. The monoisotopic (exact) mass is 559 g/mol. The van der Waals surface area contributed by atoms with Gasteiger partial charge < -0.3 is 11.5 Å². The molecule has 0 spiro atoms. The Kier molecular flexibility index (Phi) is 7.70. The molecule has 1 amide bonds. The molecule has 208 valence electrons. The minimum absolute atomic E-state index is 0.0183. The van der Waals surface area contributed by atoms with Crippen LogP contribution in [0.5, 0.6) is 0 Å². The molecule has 4 aromatic rings. The topological polar surface area (TPSA) is 99.1 Å². The van der Waals surface area contributed by atoms with Crippen LogP contribution in [0.3, 0.4) is 0 Å². The van der Waals surface area contributed by atoms with Gasteiger partial charge in [0.15, 0.2) is 0 Å². The van der Waals surface area contributed by atoms with Crippen molar-refractivity contribution in [3.05, 3.63) is 124 Å². The molecule has 1 aliphatic rings. The summed E-state index contributed by atoms with van der Waals surface area (Å²) in [6, 6.07) is 14.5. The Balaban J connectivity index is 1.53. The number of nitrogens with zero attached hydrogens (tertiary/aromatic N) is 1. The molecule has 0 saturated carbocycles. The Labute approximate surface area is 233 Å². The van der Waals surface area contributed by atoms with Crippen molar-refractivity contribution in [2.75, 3.05) is 5.73 Å². The van der Waals surface area contributed by atoms with E-state index in [-0.39, 0.29) is 36.4 Å². The maximum absolute atomic E-state index is 14.2. The van der Waals surface area contributed by atoms with Crippen LogP contribution in [0.15, 0.2) is 72.8 Å². The van der Waals surface area contributed by atoms with E-state index in [1.54, 1.807) is 12.1 Å². The number of carbonyl (C=O) groups is 2. The van der Waals surface area contributed by atoms with E-state index in [1.165, 1.54) is 42.5 Å². The van der Waals surface area contributed by atoms with Crippen LogP contribution in [0.1, 0.15) is 51.5 Å². The lowest BCUT2D eigenvalue weighted by Crippen LogP contribution is -2.15. The molecular weight excluding hydrogens is 534 g/mol. The van der Waals surface area contributed by atoms with Gasteiger partial charge >= 0.3 is 0 Å². The number of ketones is 1. The molecule has 0 unspecified atom stereocenters. The van der Waals surface area contributed by atoms with E-state index in [0.29, 0.717) is 39.9 Å². The molecule has 0 saturated heterocycles. The van der Waals surface area contributed by atoms with Gasteiger partial charge in [-0.05, 0) is 89.2 Å². The zero-order valence-corrected chi connectivity index (χ0v) is 21.8. The summed E-state index contributed by atoms with van der Waals surface area (Å²) < 4.78 is 56.3. The first kappa shape index (κ1) is 27.8. The third-order valence-electron chi connectivity index (χ3n) is 7.13. The van der Waals surface area contributed by atoms with Crippen molar-refractivity contribution in [3.63, 3.8) is 0 Å². The summed E-state index contributed by atoms with van der Waals surface area (Å²) in [6.45, 7) is 0. The molecule has 0 bridgehead atoms. The molecule has 5 rings (SSSR count). The fourth-order valence-corrected chi connectivity index (χ4v) is 5.30. The summed E-state index contributed by atoms with van der Waals surface area (Å²) in [5.41, 5.74) is 14.8. The molecule has 1 aliphatic carbocycles. The van der Waals surface area contributed by atoms with E-state index in [4.69, 9.17) is 11.5 Å². The molecule has 1 atom stereocenters. The van der Waals surface area contributed by atoms with Crippen molar-refractivity contribution in [2.45, 2.75) is 31.6 Å². The Bertz CT molecular complexity index is 1700. The maximum Gasteiger partial charge on any atom is 0.251 e. The van der Waals surface area contributed by atoms with Crippen molar-refractivity contribution in [1.82, 2.24) is 4.98 Å². The predicted octanol–water partition coefficient (Wildman–Crippen LogP) is 6.30. The normalized spacial score (nSPS) is 13.0. The summed E-state index contributed by atoms with van der Waals surface area (Å²) >= 11 is 0. The van der Waals surface area contributed by atoms with Gasteiger partial charge in [-0.1, -0.05) is 18.2 Å². The first-order chi connectivity index (χ1) is 19.6. The van der Waals surface area contributed by atoms with Gasteiger partial charge in [0.25, 0.3) is 5.91 Å². The van der Waals surface area contributed by atoms with Crippen molar-refractivity contribution in [1.29, 1.82) is 0 Å². The number of halogens is 4. The smallest absolute Gasteiger partial charge is 0.251 e. The van der Waals surface area contributed by atoms with Crippen molar-refractivity contribution in [2.24, 2.45) is 5.73 Å². The Morgan fingerprint density at radius 1 is 0.854 bits per heavy atom. The minimum atomic E-state index is -0.960. The number of nitrogens with two attached hydrogens (primary N) is 2. The lowest BCUT2D eigenvalue weighted by Gasteiger charge is -2.21. The summed E-state index contributed by atoms with van der Waals surface area (Å²) in [5.74, 6) is -4.49. The number of carbonyl (C=O) groups excluding carboxylic acids is 2. The summed E-state index contributed by atoms with van der Waals surface area (Å²) in [6.07, 6.45) is 2.42. The molecule has 5 nitrogen and oxygen atoms in total. The highest BCUT2D eigenvalue weighted by Crippen LogP contribution is 2.36. The lowest BCUT2D eigenvalue weighted by atomic mass is 9.85. The predicted molar refractivity (Wildman–Crippen MR) is 148 cm³/mol. The number of primary amides is 1. The third kappa shape index (κ3) is 6.19. The number of Topliss-reactive ketones (excluding diaryl/α,β-unsaturated/α-hetero) is 1. The highest BCUT2D eigenvalue weighted by atomic mass is 19.1. The van der Waals surface area contributed by atoms with Crippen LogP contribution in [0.2, 0.25) is 0 Å². The molecular formula is C32H25F4N3O2. The molecule has 0 radical (unpaired) electrons. The van der Waals surface area contributed by atoms with Gasteiger partial charge in [-0.2, -0.15) is 0 Å². The second kappa shape index (κ2) is 11.4. The van der Waals surface area contributed by atoms with Crippen molar-refractivity contribution < 1.29 is 27.2 Å². The summed E-state index contributed by atoms with van der Waals surface area (Å²) in [7, 11) is 0. The fourth-order valence-electron chi connectivity index (χ4n) is 5.30. The van der Waals surface area contributed by atoms with E-state index in [0.717, 1.165) is 17.7 Å². The summed E-state index contributed by atoms with van der Waals surface area (Å²) in [4.78, 5) is 29.8. The van der Waals surface area contributed by atoms with Crippen LogP contribution >= 0.6 is 0 Å². The van der Waals surface area contributed by atoms with Crippen molar-refractivity contribution in [3.8, 4) is 11.1 Å². The Morgan fingerprint density at radius 2 is 1.61 bits per heavy atom. The van der Waals surface area contributed by atoms with E-state index in [9.17, 15) is 27.2 Å². The highest BCUT2D eigenvalue weighted by Gasteiger charge is 2.25. The molecule has 4 N–H and O–H groups in total. The molecule has 1 aromatic heterocycles. The van der Waals surface area contributed by atoms with Crippen LogP contribution in [0, 0.1) is 23.3 Å². The molecule has 0 aliphatic heterocycles. The quantitative estimate of drug-likeness (QED) is 0.235. The second-order valence-electron chi connectivity index (χ2n) is 10.1. The van der Waals surface area contributed by atoms with Crippen LogP contribution in [0.4, 0.5) is 23.4 Å². The second-order valence-corrected chi connectivity index (χ2v) is 10.1. The first-order valence-electron chi connectivity index (χ1n) is 12.9. The average Bonchev–Trinajstić information content (AvgIpc) is 3.29. The summed E-state index contributed by atoms with van der Waals surface area (Å²) in [5, 5.41) is 0. The lowest BCUT2D eigenvalue weighted by molar-refractivity contribution is -0.118. The Morgan fingerprint density at radius 3 is 2.34 bits per heavy atom.